The first-order valence-electron chi connectivity index (χ1n) is 12.5. The summed E-state index contributed by atoms with van der Waals surface area (Å²) in [5.41, 5.74) is 17.1. The van der Waals surface area contributed by atoms with Gasteiger partial charge in [0.25, 0.3) is 0 Å². The first-order valence-corrected chi connectivity index (χ1v) is 12.5. The first-order chi connectivity index (χ1) is 18.3. The van der Waals surface area contributed by atoms with Crippen molar-refractivity contribution in [3.63, 3.8) is 0 Å². The molecule has 218 valence electrons. The number of aromatic amines is 1. The highest BCUT2D eigenvalue weighted by molar-refractivity contribution is 5.95. The second kappa shape index (κ2) is 16.7. The number of carbonyl (C=O) groups is 6. The summed E-state index contributed by atoms with van der Waals surface area (Å²) >= 11 is 0. The number of amides is 5. The van der Waals surface area contributed by atoms with Crippen molar-refractivity contribution in [1.82, 2.24) is 31.2 Å². The molecule has 0 unspecified atom stereocenters. The van der Waals surface area contributed by atoms with Gasteiger partial charge in [0.2, 0.25) is 29.5 Å². The van der Waals surface area contributed by atoms with Crippen molar-refractivity contribution in [1.29, 1.82) is 0 Å². The Morgan fingerprint density at radius 2 is 1.67 bits per heavy atom. The molecule has 0 saturated carbocycles. The zero-order valence-corrected chi connectivity index (χ0v) is 22.1. The van der Waals surface area contributed by atoms with Crippen molar-refractivity contribution >= 4 is 35.5 Å². The van der Waals surface area contributed by atoms with Crippen LogP contribution in [0.2, 0.25) is 0 Å². The smallest absolute Gasteiger partial charge is 0.305 e. The van der Waals surface area contributed by atoms with Crippen molar-refractivity contribution < 1.29 is 33.9 Å². The molecule has 0 aliphatic carbocycles. The fourth-order valence-corrected chi connectivity index (χ4v) is 3.45. The van der Waals surface area contributed by atoms with E-state index in [4.69, 9.17) is 22.3 Å². The summed E-state index contributed by atoms with van der Waals surface area (Å²) in [6.45, 7) is 3.16. The second-order valence-corrected chi connectivity index (χ2v) is 9.30. The third kappa shape index (κ3) is 12.4. The van der Waals surface area contributed by atoms with Gasteiger partial charge in [0.15, 0.2) is 0 Å². The molecule has 0 aromatic carbocycles. The average Bonchev–Trinajstić information content (AvgIpc) is 3.37. The summed E-state index contributed by atoms with van der Waals surface area (Å²) in [6, 6.07) is -4.56. The molecule has 0 aliphatic heterocycles. The molecular formula is C23H39N9O7. The minimum Gasteiger partial charge on any atom is -0.481 e. The van der Waals surface area contributed by atoms with Crippen LogP contribution in [0.25, 0.3) is 0 Å². The van der Waals surface area contributed by atoms with E-state index in [1.54, 1.807) is 13.8 Å². The zero-order valence-electron chi connectivity index (χ0n) is 22.1. The minimum atomic E-state index is -1.47. The Morgan fingerprint density at radius 3 is 2.21 bits per heavy atom. The van der Waals surface area contributed by atoms with Crippen LogP contribution in [0.5, 0.6) is 0 Å². The van der Waals surface area contributed by atoms with Gasteiger partial charge in [-0.1, -0.05) is 20.3 Å². The lowest BCUT2D eigenvalue weighted by molar-refractivity contribution is -0.140. The number of aliphatic carboxylic acids is 1. The Morgan fingerprint density at radius 1 is 1.00 bits per heavy atom. The lowest BCUT2D eigenvalue weighted by Gasteiger charge is -2.24. The molecule has 1 aromatic rings. The molecule has 0 aliphatic rings. The lowest BCUT2D eigenvalue weighted by atomic mass is 10.0. The topological polar surface area (TPSA) is 278 Å². The van der Waals surface area contributed by atoms with E-state index in [1.165, 1.54) is 12.5 Å². The van der Waals surface area contributed by atoms with Gasteiger partial charge >= 0.3 is 5.97 Å². The number of carboxylic acids is 1. The number of imidazole rings is 1. The summed E-state index contributed by atoms with van der Waals surface area (Å²) in [5.74, 6) is -5.63. The molecule has 39 heavy (non-hydrogen) atoms. The van der Waals surface area contributed by atoms with E-state index in [-0.39, 0.29) is 6.42 Å². The van der Waals surface area contributed by atoms with Crippen molar-refractivity contribution in [2.24, 2.45) is 23.1 Å². The molecule has 0 radical (unpaired) electrons. The van der Waals surface area contributed by atoms with Gasteiger partial charge in [-0.15, -0.1) is 0 Å². The molecule has 5 amide bonds. The number of nitrogens with zero attached hydrogens (tertiary/aromatic N) is 1. The highest BCUT2D eigenvalue weighted by Crippen LogP contribution is 2.05. The average molecular weight is 554 g/mol. The van der Waals surface area contributed by atoms with Crippen molar-refractivity contribution in [3.05, 3.63) is 18.2 Å². The van der Waals surface area contributed by atoms with Gasteiger partial charge < -0.3 is 48.6 Å². The summed E-state index contributed by atoms with van der Waals surface area (Å²) < 4.78 is 0. The molecule has 0 saturated heterocycles. The van der Waals surface area contributed by atoms with Gasteiger partial charge in [-0.05, 0) is 25.3 Å². The molecule has 0 bridgehead atoms. The monoisotopic (exact) mass is 553 g/mol. The summed E-state index contributed by atoms with van der Waals surface area (Å²) in [4.78, 5) is 79.8. The minimum absolute atomic E-state index is 0.0455. The van der Waals surface area contributed by atoms with E-state index in [2.05, 4.69) is 31.2 Å². The maximum absolute atomic E-state index is 12.9. The van der Waals surface area contributed by atoms with Gasteiger partial charge in [-0.25, -0.2) is 4.98 Å². The quantitative estimate of drug-likeness (QED) is 0.0812. The third-order valence-corrected chi connectivity index (χ3v) is 5.65. The summed E-state index contributed by atoms with van der Waals surface area (Å²) in [5, 5.41) is 18.6. The second-order valence-electron chi connectivity index (χ2n) is 9.30. The van der Waals surface area contributed by atoms with E-state index in [0.29, 0.717) is 31.5 Å². The van der Waals surface area contributed by atoms with Crippen LogP contribution in [-0.2, 0) is 35.2 Å². The largest absolute Gasteiger partial charge is 0.481 e. The van der Waals surface area contributed by atoms with Gasteiger partial charge in [0.05, 0.1) is 25.3 Å². The molecule has 16 heteroatoms. The van der Waals surface area contributed by atoms with Gasteiger partial charge in [0.1, 0.15) is 18.1 Å². The Balaban J connectivity index is 2.80. The Bertz CT molecular complexity index is 985. The van der Waals surface area contributed by atoms with Crippen LogP contribution < -0.4 is 38.5 Å². The highest BCUT2D eigenvalue weighted by Gasteiger charge is 2.30. The number of hydrogen-bond acceptors (Lipinski definition) is 9. The fourth-order valence-electron chi connectivity index (χ4n) is 3.45. The standard InChI is InChI=1S/C23H39N9O7/c1-12(2)19(23(39)30-15(20(26)36)8-18(34)35)32-17(33)10-28-22(38)16(7-13-9-27-11-29-13)31-21(37)14(25)5-3-4-6-24/h9,11-12,14-16,19H,3-8,10,24-25H2,1-2H3,(H2,26,36)(H,27,29)(H,28,38)(H,30,39)(H,31,37)(H,32,33)(H,34,35)/t14-,15-,16-,19-/m0/s1. The molecule has 12 N–H and O–H groups in total. The van der Waals surface area contributed by atoms with Crippen molar-refractivity contribution in [3.8, 4) is 0 Å². The van der Waals surface area contributed by atoms with Crippen LogP contribution in [0, 0.1) is 5.92 Å². The van der Waals surface area contributed by atoms with Crippen LogP contribution in [0.4, 0.5) is 0 Å². The summed E-state index contributed by atoms with van der Waals surface area (Å²) in [6.07, 6.45) is 3.94. The van der Waals surface area contributed by atoms with Crippen LogP contribution in [0.3, 0.4) is 0 Å². The van der Waals surface area contributed by atoms with E-state index in [9.17, 15) is 28.8 Å². The predicted molar refractivity (Wildman–Crippen MR) is 138 cm³/mol. The normalized spacial score (nSPS) is 14.0. The van der Waals surface area contributed by atoms with E-state index < -0.39 is 78.6 Å². The number of hydrogen-bond donors (Lipinski definition) is 9. The number of nitrogens with two attached hydrogens (primary N) is 3. The van der Waals surface area contributed by atoms with E-state index in [1.807, 2.05) is 0 Å². The van der Waals surface area contributed by atoms with E-state index >= 15 is 0 Å². The number of unbranched alkanes of at least 4 members (excludes halogenated alkanes) is 1. The Hall–Kier alpha value is -4.05. The van der Waals surface area contributed by atoms with Crippen LogP contribution >= 0.6 is 0 Å². The SMILES string of the molecule is CC(C)[C@H](NC(=O)CNC(=O)[C@H](Cc1cnc[nH]1)NC(=O)[C@@H](N)CCCCN)C(=O)N[C@@H](CC(=O)O)C(N)=O. The van der Waals surface area contributed by atoms with Crippen molar-refractivity contribution in [2.45, 2.75) is 70.1 Å². The highest BCUT2D eigenvalue weighted by atomic mass is 16.4. The Labute approximate surface area is 225 Å². The number of carboxylic acid groups (broad SMARTS) is 1. The maximum atomic E-state index is 12.9. The van der Waals surface area contributed by atoms with E-state index in [0.717, 1.165) is 0 Å². The summed E-state index contributed by atoms with van der Waals surface area (Å²) in [7, 11) is 0. The molecule has 4 atom stereocenters. The predicted octanol–water partition coefficient (Wildman–Crippen LogP) is -3.40. The number of H-pyrrole nitrogens is 1. The zero-order chi connectivity index (χ0) is 29.5. The molecule has 1 aromatic heterocycles. The van der Waals surface area contributed by atoms with Gasteiger partial charge in [0, 0.05) is 18.3 Å². The number of nitrogens with one attached hydrogen (secondary N) is 5. The van der Waals surface area contributed by atoms with Crippen LogP contribution in [-0.4, -0.2) is 87.8 Å². The maximum Gasteiger partial charge on any atom is 0.305 e. The number of rotatable bonds is 18. The molecule has 0 fully saturated rings. The van der Waals surface area contributed by atoms with Crippen molar-refractivity contribution in [2.75, 3.05) is 13.1 Å². The Kier molecular flexibility index (Phi) is 14.1. The van der Waals surface area contributed by atoms with Crippen LogP contribution in [0.1, 0.15) is 45.2 Å². The molecule has 0 spiro atoms. The fraction of sp³-hybridized carbons (Fsp3) is 0.609. The first kappa shape index (κ1) is 33.0. The van der Waals surface area contributed by atoms with Gasteiger partial charge in [-0.2, -0.15) is 0 Å². The number of aromatic nitrogens is 2. The molecular weight excluding hydrogens is 514 g/mol. The van der Waals surface area contributed by atoms with Crippen LogP contribution in [0.15, 0.2) is 12.5 Å². The third-order valence-electron chi connectivity index (χ3n) is 5.65. The molecule has 1 heterocycles. The number of primary amides is 1. The molecule has 16 nitrogen and oxygen atoms in total. The number of carbonyl (C=O) groups excluding carboxylic acids is 5. The molecule has 1 rings (SSSR count). The van der Waals surface area contributed by atoms with Gasteiger partial charge in [-0.3, -0.25) is 28.8 Å². The lowest BCUT2D eigenvalue weighted by Crippen LogP contribution is -2.57.